The topological polar surface area (TPSA) is 76.1 Å². The van der Waals surface area contributed by atoms with Gasteiger partial charge in [-0.15, -0.1) is 0 Å². The highest BCUT2D eigenvalue weighted by molar-refractivity contribution is 5.77. The van der Waals surface area contributed by atoms with E-state index < -0.39 is 22.4 Å². The zero-order valence-corrected chi connectivity index (χ0v) is 12.6. The molecule has 2 rings (SSSR count). The SMILES string of the molecule is CC(C)(C)OC(=O)N1CC2(CCOCC2(C)C(=O)O)C1. The summed E-state index contributed by atoms with van der Waals surface area (Å²) >= 11 is 0. The molecule has 2 fully saturated rings. The van der Waals surface area contributed by atoms with E-state index in [1.54, 1.807) is 11.8 Å². The number of nitrogens with zero attached hydrogens (tertiary/aromatic N) is 1. The van der Waals surface area contributed by atoms with Gasteiger partial charge in [0.15, 0.2) is 0 Å². The summed E-state index contributed by atoms with van der Waals surface area (Å²) in [6.45, 7) is 8.75. The maximum absolute atomic E-state index is 12.0. The molecular weight excluding hydrogens is 262 g/mol. The zero-order valence-electron chi connectivity index (χ0n) is 12.6. The maximum atomic E-state index is 12.0. The van der Waals surface area contributed by atoms with Gasteiger partial charge in [-0.05, 0) is 34.1 Å². The third-order valence-electron chi connectivity index (χ3n) is 4.40. The summed E-state index contributed by atoms with van der Waals surface area (Å²) in [4.78, 5) is 25.1. The molecule has 1 spiro atoms. The van der Waals surface area contributed by atoms with Crippen LogP contribution in [0.3, 0.4) is 0 Å². The fourth-order valence-corrected chi connectivity index (χ4v) is 2.91. The summed E-state index contributed by atoms with van der Waals surface area (Å²) in [6, 6.07) is 0. The van der Waals surface area contributed by atoms with E-state index in [0.29, 0.717) is 26.1 Å². The molecule has 0 bridgehead atoms. The van der Waals surface area contributed by atoms with Crippen LogP contribution in [0.25, 0.3) is 0 Å². The van der Waals surface area contributed by atoms with E-state index in [1.807, 2.05) is 20.8 Å². The average Bonchev–Trinajstić information content (AvgIpc) is 2.24. The van der Waals surface area contributed by atoms with Crippen LogP contribution in [0.2, 0.25) is 0 Å². The third kappa shape index (κ3) is 2.37. The van der Waals surface area contributed by atoms with E-state index in [2.05, 4.69) is 0 Å². The summed E-state index contributed by atoms with van der Waals surface area (Å²) in [5.74, 6) is -0.860. The lowest BCUT2D eigenvalue weighted by atomic mass is 9.57. The summed E-state index contributed by atoms with van der Waals surface area (Å²) < 4.78 is 10.7. The molecule has 20 heavy (non-hydrogen) atoms. The molecule has 1 atom stereocenters. The monoisotopic (exact) mass is 285 g/mol. The molecule has 6 heteroatoms. The van der Waals surface area contributed by atoms with Gasteiger partial charge >= 0.3 is 12.1 Å². The Labute approximate surface area is 119 Å². The number of rotatable bonds is 1. The number of aliphatic carboxylic acids is 1. The third-order valence-corrected chi connectivity index (χ3v) is 4.40. The Morgan fingerprint density at radius 2 is 1.90 bits per heavy atom. The van der Waals surface area contributed by atoms with E-state index in [4.69, 9.17) is 9.47 Å². The van der Waals surface area contributed by atoms with Crippen molar-refractivity contribution in [1.29, 1.82) is 0 Å². The number of carbonyl (C=O) groups excluding carboxylic acids is 1. The van der Waals surface area contributed by atoms with Crippen molar-refractivity contribution in [1.82, 2.24) is 4.90 Å². The molecule has 2 heterocycles. The molecule has 6 nitrogen and oxygen atoms in total. The van der Waals surface area contributed by atoms with Crippen LogP contribution in [0.1, 0.15) is 34.1 Å². The van der Waals surface area contributed by atoms with Crippen molar-refractivity contribution in [2.24, 2.45) is 10.8 Å². The second-order valence-corrected chi connectivity index (χ2v) is 7.06. The van der Waals surface area contributed by atoms with Crippen molar-refractivity contribution in [2.75, 3.05) is 26.3 Å². The van der Waals surface area contributed by atoms with E-state index in [0.717, 1.165) is 0 Å². The molecule has 0 aromatic heterocycles. The van der Waals surface area contributed by atoms with Crippen molar-refractivity contribution in [3.05, 3.63) is 0 Å². The minimum absolute atomic E-state index is 0.199. The van der Waals surface area contributed by atoms with Gasteiger partial charge in [-0.25, -0.2) is 4.79 Å². The Bertz CT molecular complexity index is 422. The lowest BCUT2D eigenvalue weighted by molar-refractivity contribution is -0.197. The molecule has 1 unspecified atom stereocenters. The summed E-state index contributed by atoms with van der Waals surface area (Å²) in [6.07, 6.45) is 0.289. The average molecular weight is 285 g/mol. The second-order valence-electron chi connectivity index (χ2n) is 7.06. The van der Waals surface area contributed by atoms with Crippen molar-refractivity contribution >= 4 is 12.1 Å². The number of likely N-dealkylation sites (tertiary alicyclic amines) is 1. The van der Waals surface area contributed by atoms with E-state index >= 15 is 0 Å². The molecule has 0 aliphatic carbocycles. The van der Waals surface area contributed by atoms with Gasteiger partial charge in [0.05, 0.1) is 12.0 Å². The number of hydrogen-bond acceptors (Lipinski definition) is 4. The summed E-state index contributed by atoms with van der Waals surface area (Å²) in [5.41, 5.74) is -1.87. The predicted molar refractivity (Wildman–Crippen MR) is 71.4 cm³/mol. The van der Waals surface area contributed by atoms with E-state index in [9.17, 15) is 14.7 Å². The quantitative estimate of drug-likeness (QED) is 0.794. The maximum Gasteiger partial charge on any atom is 0.410 e. The van der Waals surface area contributed by atoms with Crippen LogP contribution in [-0.4, -0.2) is 54.0 Å². The predicted octanol–water partition coefficient (Wildman–Crippen LogP) is 1.73. The zero-order chi connectivity index (χ0) is 15.2. The van der Waals surface area contributed by atoms with Crippen molar-refractivity contribution < 1.29 is 24.2 Å². The van der Waals surface area contributed by atoms with Crippen LogP contribution in [0, 0.1) is 10.8 Å². The fourth-order valence-electron chi connectivity index (χ4n) is 2.91. The number of ether oxygens (including phenoxy) is 2. The molecule has 1 N–H and O–H groups in total. The van der Waals surface area contributed by atoms with Crippen LogP contribution >= 0.6 is 0 Å². The minimum atomic E-state index is -0.941. The first-order valence-electron chi connectivity index (χ1n) is 6.89. The highest BCUT2D eigenvalue weighted by atomic mass is 16.6. The van der Waals surface area contributed by atoms with Crippen LogP contribution in [0.15, 0.2) is 0 Å². The van der Waals surface area contributed by atoms with Crippen LogP contribution in [-0.2, 0) is 14.3 Å². The Balaban J connectivity index is 2.06. The molecule has 0 saturated carbocycles. The van der Waals surface area contributed by atoms with Gasteiger partial charge in [0.2, 0.25) is 0 Å². The first-order valence-corrected chi connectivity index (χ1v) is 6.89. The highest BCUT2D eigenvalue weighted by Crippen LogP contribution is 2.52. The number of amides is 1. The van der Waals surface area contributed by atoms with Crippen molar-refractivity contribution in [3.8, 4) is 0 Å². The van der Waals surface area contributed by atoms with Gasteiger partial charge in [0.25, 0.3) is 0 Å². The molecule has 2 aliphatic heterocycles. The molecule has 1 amide bonds. The highest BCUT2D eigenvalue weighted by Gasteiger charge is 2.62. The lowest BCUT2D eigenvalue weighted by Crippen LogP contribution is -2.70. The molecule has 0 radical (unpaired) electrons. The number of carbonyl (C=O) groups is 2. The van der Waals surface area contributed by atoms with Crippen molar-refractivity contribution in [2.45, 2.75) is 39.7 Å². The van der Waals surface area contributed by atoms with Crippen LogP contribution < -0.4 is 0 Å². The number of carboxylic acid groups (broad SMARTS) is 1. The standard InChI is InChI=1S/C14H23NO5/c1-12(2,3)20-11(18)15-7-14(8-15)5-6-19-9-13(14,4)10(16)17/h5-9H2,1-4H3,(H,16,17). The smallest absolute Gasteiger partial charge is 0.410 e. The molecule has 114 valence electrons. The van der Waals surface area contributed by atoms with Crippen molar-refractivity contribution in [3.63, 3.8) is 0 Å². The van der Waals surface area contributed by atoms with Gasteiger partial charge in [-0.3, -0.25) is 4.79 Å². The first kappa shape index (κ1) is 15.1. The van der Waals surface area contributed by atoms with Crippen LogP contribution in [0.5, 0.6) is 0 Å². The van der Waals surface area contributed by atoms with E-state index in [-0.39, 0.29) is 12.7 Å². The lowest BCUT2D eigenvalue weighted by Gasteiger charge is -2.58. The Morgan fingerprint density at radius 1 is 1.30 bits per heavy atom. The summed E-state index contributed by atoms with van der Waals surface area (Å²) in [5, 5.41) is 9.49. The Morgan fingerprint density at radius 3 is 2.40 bits per heavy atom. The first-order chi connectivity index (χ1) is 9.10. The summed E-state index contributed by atoms with van der Waals surface area (Å²) in [7, 11) is 0. The molecule has 0 aromatic rings. The number of carboxylic acids is 1. The fraction of sp³-hybridized carbons (Fsp3) is 0.857. The van der Waals surface area contributed by atoms with E-state index in [1.165, 1.54) is 0 Å². The molecule has 2 saturated heterocycles. The largest absolute Gasteiger partial charge is 0.481 e. The Hall–Kier alpha value is -1.30. The molecule has 0 aromatic carbocycles. The Kier molecular flexibility index (Phi) is 3.48. The van der Waals surface area contributed by atoms with Gasteiger partial charge in [0, 0.05) is 25.1 Å². The number of hydrogen-bond donors (Lipinski definition) is 1. The van der Waals surface area contributed by atoms with Gasteiger partial charge < -0.3 is 19.5 Å². The normalized spacial score (nSPS) is 28.9. The van der Waals surface area contributed by atoms with Gasteiger partial charge in [-0.2, -0.15) is 0 Å². The van der Waals surface area contributed by atoms with Crippen LogP contribution in [0.4, 0.5) is 4.79 Å². The molecule has 2 aliphatic rings. The van der Waals surface area contributed by atoms with Gasteiger partial charge in [-0.1, -0.05) is 0 Å². The minimum Gasteiger partial charge on any atom is -0.481 e. The molecular formula is C14H23NO5. The van der Waals surface area contributed by atoms with Gasteiger partial charge in [0.1, 0.15) is 5.60 Å². The second kappa shape index (κ2) is 4.62.